The molecule has 0 aliphatic heterocycles. The van der Waals surface area contributed by atoms with Crippen LogP contribution in [0.15, 0.2) is 52.1 Å². The molecule has 1 amide bonds. The number of allylic oxidation sites excluding steroid dienone is 2. The second-order valence-corrected chi connectivity index (χ2v) is 7.53. The maximum Gasteiger partial charge on any atom is 0.332 e. The number of hydrogen-bond donors (Lipinski definition) is 1. The second-order valence-electron chi connectivity index (χ2n) is 6.50. The van der Waals surface area contributed by atoms with Crippen molar-refractivity contribution in [2.75, 3.05) is 7.11 Å². The van der Waals surface area contributed by atoms with Gasteiger partial charge in [0.1, 0.15) is 10.6 Å². The fourth-order valence-electron chi connectivity index (χ4n) is 2.92. The van der Waals surface area contributed by atoms with E-state index in [0.29, 0.717) is 21.6 Å². The minimum atomic E-state index is -0.393. The number of carbonyl (C=O) groups is 1. The third-order valence-electron chi connectivity index (χ3n) is 4.54. The van der Waals surface area contributed by atoms with E-state index in [-0.39, 0.29) is 18.0 Å². The van der Waals surface area contributed by atoms with Crippen LogP contribution in [0.4, 0.5) is 0 Å². The fourth-order valence-corrected chi connectivity index (χ4v) is 3.94. The van der Waals surface area contributed by atoms with Gasteiger partial charge in [-0.15, -0.1) is 11.3 Å². The molecule has 0 radical (unpaired) electrons. The second kappa shape index (κ2) is 8.91. The lowest BCUT2D eigenvalue weighted by Gasteiger charge is -2.05. The number of ether oxygens (including phenoxy) is 1. The molecule has 0 atom stereocenters. The normalized spacial score (nSPS) is 11.3. The number of rotatable bonds is 7. The Morgan fingerprint density at radius 2 is 1.93 bits per heavy atom. The third-order valence-corrected chi connectivity index (χ3v) is 5.75. The molecular formula is C21H23N3O4S. The number of nitrogens with one attached hydrogen (secondary N) is 1. The number of nitrogens with zero attached hydrogens (tertiary/aromatic N) is 2. The minimum Gasteiger partial charge on any atom is -0.497 e. The van der Waals surface area contributed by atoms with Crippen molar-refractivity contribution in [1.29, 1.82) is 0 Å². The lowest BCUT2D eigenvalue weighted by Crippen LogP contribution is -2.38. The van der Waals surface area contributed by atoms with Crippen LogP contribution in [0, 0.1) is 0 Å². The Morgan fingerprint density at radius 3 is 2.59 bits per heavy atom. The molecule has 1 aromatic carbocycles. The van der Waals surface area contributed by atoms with Crippen LogP contribution in [-0.4, -0.2) is 22.2 Å². The Balaban J connectivity index is 1.86. The average Bonchev–Trinajstić information content (AvgIpc) is 3.19. The van der Waals surface area contributed by atoms with E-state index in [4.69, 9.17) is 4.74 Å². The van der Waals surface area contributed by atoms with Crippen molar-refractivity contribution in [3.63, 3.8) is 0 Å². The van der Waals surface area contributed by atoms with E-state index in [1.54, 1.807) is 26.3 Å². The molecule has 3 rings (SSSR count). The van der Waals surface area contributed by atoms with Gasteiger partial charge in [0.15, 0.2) is 0 Å². The molecular weight excluding hydrogens is 390 g/mol. The van der Waals surface area contributed by atoms with E-state index in [9.17, 15) is 14.4 Å². The van der Waals surface area contributed by atoms with E-state index in [1.807, 2.05) is 37.3 Å². The zero-order valence-corrected chi connectivity index (χ0v) is 17.4. The van der Waals surface area contributed by atoms with E-state index in [1.165, 1.54) is 9.13 Å². The quantitative estimate of drug-likeness (QED) is 0.604. The summed E-state index contributed by atoms with van der Waals surface area (Å²) in [5, 5.41) is 3.22. The SMILES string of the molecule is CCC=CCn1c(=O)c2cc(C(=O)NCc3ccc(OC)cc3)sc2n(C)c1=O. The van der Waals surface area contributed by atoms with Crippen LogP contribution < -0.4 is 21.3 Å². The molecule has 0 saturated heterocycles. The van der Waals surface area contributed by atoms with Gasteiger partial charge < -0.3 is 10.1 Å². The van der Waals surface area contributed by atoms with Crippen LogP contribution in [0.2, 0.25) is 0 Å². The van der Waals surface area contributed by atoms with Gasteiger partial charge in [-0.25, -0.2) is 4.79 Å². The largest absolute Gasteiger partial charge is 0.497 e. The van der Waals surface area contributed by atoms with Gasteiger partial charge in [0.05, 0.1) is 17.4 Å². The molecule has 1 N–H and O–H groups in total. The Hall–Kier alpha value is -3.13. The standard InChI is InChI=1S/C21H23N3O4S/c1-4-5-6-11-24-19(26)16-12-17(29-20(16)23(2)21(24)27)18(25)22-13-14-7-9-15(28-3)10-8-14/h5-10,12H,4,11,13H2,1-3H3,(H,22,25). The topological polar surface area (TPSA) is 82.3 Å². The van der Waals surface area contributed by atoms with Crippen LogP contribution in [0.25, 0.3) is 10.2 Å². The average molecular weight is 413 g/mol. The fraction of sp³-hybridized carbons (Fsp3) is 0.286. The molecule has 0 aliphatic rings. The predicted molar refractivity (Wildman–Crippen MR) is 115 cm³/mol. The summed E-state index contributed by atoms with van der Waals surface area (Å²) in [6.07, 6.45) is 4.53. The Bertz CT molecular complexity index is 1170. The van der Waals surface area contributed by atoms with Gasteiger partial charge in [0.2, 0.25) is 0 Å². The molecule has 152 valence electrons. The van der Waals surface area contributed by atoms with Gasteiger partial charge in [0, 0.05) is 20.1 Å². The van der Waals surface area contributed by atoms with Crippen LogP contribution in [0.1, 0.15) is 28.6 Å². The van der Waals surface area contributed by atoms with E-state index in [0.717, 1.165) is 29.1 Å². The number of amides is 1. The highest BCUT2D eigenvalue weighted by Gasteiger charge is 2.17. The summed E-state index contributed by atoms with van der Waals surface area (Å²) in [5.41, 5.74) is 0.155. The first-order chi connectivity index (χ1) is 14.0. The van der Waals surface area contributed by atoms with Crippen LogP contribution >= 0.6 is 11.3 Å². The van der Waals surface area contributed by atoms with Crippen LogP contribution in [0.3, 0.4) is 0 Å². The molecule has 0 bridgehead atoms. The van der Waals surface area contributed by atoms with E-state index < -0.39 is 5.69 Å². The summed E-state index contributed by atoms with van der Waals surface area (Å²) in [6, 6.07) is 8.95. The van der Waals surface area contributed by atoms with E-state index in [2.05, 4.69) is 5.32 Å². The molecule has 7 nitrogen and oxygen atoms in total. The summed E-state index contributed by atoms with van der Waals surface area (Å²) in [6.45, 7) is 2.54. The monoisotopic (exact) mass is 413 g/mol. The maximum absolute atomic E-state index is 12.8. The summed E-state index contributed by atoms with van der Waals surface area (Å²) < 4.78 is 7.72. The first kappa shape index (κ1) is 20.6. The zero-order chi connectivity index (χ0) is 21.0. The molecule has 0 unspecified atom stereocenters. The maximum atomic E-state index is 12.8. The number of aromatic nitrogens is 2. The summed E-state index contributed by atoms with van der Waals surface area (Å²) in [5.74, 6) is 0.460. The number of thiophene rings is 1. The zero-order valence-electron chi connectivity index (χ0n) is 16.6. The molecule has 29 heavy (non-hydrogen) atoms. The van der Waals surface area contributed by atoms with Gasteiger partial charge >= 0.3 is 5.69 Å². The Morgan fingerprint density at radius 1 is 1.21 bits per heavy atom. The number of carbonyl (C=O) groups excluding carboxylic acids is 1. The van der Waals surface area contributed by atoms with Crippen LogP contribution in [-0.2, 0) is 20.1 Å². The number of benzene rings is 1. The molecule has 0 fully saturated rings. The number of fused-ring (bicyclic) bond motifs is 1. The number of aryl methyl sites for hydroxylation is 1. The summed E-state index contributed by atoms with van der Waals surface area (Å²) in [7, 11) is 3.21. The smallest absolute Gasteiger partial charge is 0.332 e. The first-order valence-corrected chi connectivity index (χ1v) is 10.1. The molecule has 0 saturated carbocycles. The molecule has 3 aromatic rings. The molecule has 2 aromatic heterocycles. The summed E-state index contributed by atoms with van der Waals surface area (Å²) in [4.78, 5) is 38.7. The lowest BCUT2D eigenvalue weighted by molar-refractivity contribution is 0.0955. The highest BCUT2D eigenvalue weighted by Crippen LogP contribution is 2.22. The molecule has 0 aliphatic carbocycles. The van der Waals surface area contributed by atoms with Crippen molar-refractivity contribution in [2.24, 2.45) is 7.05 Å². The number of hydrogen-bond acceptors (Lipinski definition) is 5. The van der Waals surface area contributed by atoms with Crippen molar-refractivity contribution >= 4 is 27.5 Å². The van der Waals surface area contributed by atoms with Gasteiger partial charge in [-0.2, -0.15) is 0 Å². The first-order valence-electron chi connectivity index (χ1n) is 9.25. The molecule has 0 spiro atoms. The van der Waals surface area contributed by atoms with Crippen molar-refractivity contribution in [2.45, 2.75) is 26.4 Å². The van der Waals surface area contributed by atoms with Crippen molar-refractivity contribution in [3.05, 3.63) is 73.8 Å². The van der Waals surface area contributed by atoms with Gasteiger partial charge in [0.25, 0.3) is 11.5 Å². The van der Waals surface area contributed by atoms with Crippen molar-refractivity contribution in [3.8, 4) is 5.75 Å². The van der Waals surface area contributed by atoms with Crippen LogP contribution in [0.5, 0.6) is 5.75 Å². The Labute approximate surface area is 171 Å². The highest BCUT2D eigenvalue weighted by atomic mass is 32.1. The predicted octanol–water partition coefficient (Wildman–Crippen LogP) is 2.67. The van der Waals surface area contributed by atoms with Gasteiger partial charge in [-0.3, -0.25) is 18.7 Å². The third kappa shape index (κ3) is 4.32. The highest BCUT2D eigenvalue weighted by molar-refractivity contribution is 7.20. The minimum absolute atomic E-state index is 0.212. The lowest BCUT2D eigenvalue weighted by atomic mass is 10.2. The van der Waals surface area contributed by atoms with E-state index >= 15 is 0 Å². The molecule has 2 heterocycles. The van der Waals surface area contributed by atoms with Gasteiger partial charge in [-0.1, -0.05) is 31.2 Å². The van der Waals surface area contributed by atoms with Crippen molar-refractivity contribution < 1.29 is 9.53 Å². The Kier molecular flexibility index (Phi) is 6.33. The number of methoxy groups -OCH3 is 1. The van der Waals surface area contributed by atoms with Gasteiger partial charge in [-0.05, 0) is 30.2 Å². The molecule has 8 heteroatoms. The summed E-state index contributed by atoms with van der Waals surface area (Å²) >= 11 is 1.14. The van der Waals surface area contributed by atoms with Crippen molar-refractivity contribution in [1.82, 2.24) is 14.5 Å².